The zero-order valence-electron chi connectivity index (χ0n) is 10.2. The van der Waals surface area contributed by atoms with E-state index in [9.17, 15) is 4.79 Å². The molecule has 0 amide bonds. The molecule has 0 aliphatic heterocycles. The van der Waals surface area contributed by atoms with Crippen molar-refractivity contribution in [2.75, 3.05) is 0 Å². The van der Waals surface area contributed by atoms with Crippen molar-refractivity contribution >= 4 is 24.4 Å². The average molecular weight is 276 g/mol. The lowest BCUT2D eigenvalue weighted by molar-refractivity contribution is 0.0697. The van der Waals surface area contributed by atoms with E-state index in [2.05, 4.69) is 15.3 Å². The van der Waals surface area contributed by atoms with Gasteiger partial charge in [-0.25, -0.2) is 4.79 Å². The number of nitrogens with one attached hydrogen (secondary N) is 1. The summed E-state index contributed by atoms with van der Waals surface area (Å²) in [6.45, 7) is 1.96. The summed E-state index contributed by atoms with van der Waals surface area (Å²) in [6.07, 6.45) is 2.32. The fourth-order valence-electron chi connectivity index (χ4n) is 1.51. The molecular weight excluding hydrogens is 264 g/mol. The Balaban J connectivity index is 2.25. The van der Waals surface area contributed by atoms with Crippen molar-refractivity contribution < 1.29 is 9.90 Å². The minimum absolute atomic E-state index is 0.242. The van der Waals surface area contributed by atoms with E-state index in [1.165, 1.54) is 12.1 Å². The molecule has 1 heterocycles. The second-order valence-corrected chi connectivity index (χ2v) is 4.17. The topological polar surface area (TPSA) is 83.3 Å². The largest absolute Gasteiger partial charge is 0.478 e. The van der Waals surface area contributed by atoms with E-state index in [0.29, 0.717) is 11.2 Å². The van der Waals surface area contributed by atoms with Crippen LogP contribution >= 0.6 is 12.2 Å². The molecule has 19 heavy (non-hydrogen) atoms. The normalized spacial score (nSPS) is 11.0. The number of carbonyl (C=O) groups is 1. The zero-order chi connectivity index (χ0) is 13.8. The summed E-state index contributed by atoms with van der Waals surface area (Å²) in [7, 11) is 0. The van der Waals surface area contributed by atoms with Gasteiger partial charge in [0.05, 0.1) is 11.8 Å². The molecule has 2 rings (SSSR count). The summed E-state index contributed by atoms with van der Waals surface area (Å²) in [6, 6.07) is 6.42. The quantitative estimate of drug-likeness (QED) is 0.661. The summed E-state index contributed by atoms with van der Waals surface area (Å²) in [4.78, 5) is 10.7. The number of aromatic carboxylic acids is 1. The zero-order valence-corrected chi connectivity index (χ0v) is 11.0. The smallest absolute Gasteiger partial charge is 0.335 e. The molecule has 0 unspecified atom stereocenters. The van der Waals surface area contributed by atoms with Crippen LogP contribution in [0.2, 0.25) is 0 Å². The van der Waals surface area contributed by atoms with Crippen LogP contribution in [-0.2, 0) is 6.42 Å². The lowest BCUT2D eigenvalue weighted by atomic mass is 10.1. The highest BCUT2D eigenvalue weighted by Gasteiger charge is 2.02. The Labute approximate surface area is 114 Å². The number of carboxylic acids is 1. The van der Waals surface area contributed by atoms with Crippen LogP contribution < -0.4 is 0 Å². The van der Waals surface area contributed by atoms with Gasteiger partial charge in [-0.05, 0) is 29.9 Å². The molecule has 0 bridgehead atoms. The third kappa shape index (κ3) is 2.94. The molecule has 2 N–H and O–H groups in total. The highest BCUT2D eigenvalue weighted by molar-refractivity contribution is 7.71. The summed E-state index contributed by atoms with van der Waals surface area (Å²) < 4.78 is 1.97. The van der Waals surface area contributed by atoms with Crippen LogP contribution in [0, 0.1) is 4.77 Å². The van der Waals surface area contributed by atoms with Crippen molar-refractivity contribution in [3.63, 3.8) is 0 Å². The van der Waals surface area contributed by atoms with Gasteiger partial charge in [-0.15, -0.1) is 0 Å². The Bertz CT molecular complexity index is 670. The van der Waals surface area contributed by atoms with Gasteiger partial charge in [-0.1, -0.05) is 19.1 Å². The number of hydrogen-bond donors (Lipinski definition) is 2. The SMILES string of the molecule is CCc1n[nH]c(=S)n1/N=C\c1ccc(C(=O)O)cc1. The first-order chi connectivity index (χ1) is 9.11. The maximum Gasteiger partial charge on any atom is 0.335 e. The van der Waals surface area contributed by atoms with E-state index in [0.717, 1.165) is 11.4 Å². The van der Waals surface area contributed by atoms with E-state index < -0.39 is 5.97 Å². The van der Waals surface area contributed by atoms with Crippen molar-refractivity contribution in [1.29, 1.82) is 0 Å². The molecule has 6 nitrogen and oxygen atoms in total. The third-order valence-corrected chi connectivity index (χ3v) is 2.78. The predicted octanol–water partition coefficient (Wildman–Crippen LogP) is 2.08. The summed E-state index contributed by atoms with van der Waals surface area (Å²) >= 11 is 5.06. The molecule has 1 aromatic carbocycles. The van der Waals surface area contributed by atoms with Gasteiger partial charge in [0.25, 0.3) is 0 Å². The van der Waals surface area contributed by atoms with Crippen molar-refractivity contribution in [3.8, 4) is 0 Å². The Hall–Kier alpha value is -2.28. The van der Waals surface area contributed by atoms with Gasteiger partial charge in [-0.2, -0.15) is 14.9 Å². The van der Waals surface area contributed by atoms with Gasteiger partial charge in [-0.3, -0.25) is 5.10 Å². The Morgan fingerprint density at radius 3 is 2.79 bits per heavy atom. The van der Waals surface area contributed by atoms with Gasteiger partial charge in [0, 0.05) is 6.42 Å². The van der Waals surface area contributed by atoms with Gasteiger partial charge < -0.3 is 5.11 Å². The van der Waals surface area contributed by atoms with Crippen LogP contribution in [0.15, 0.2) is 29.4 Å². The van der Waals surface area contributed by atoms with Crippen LogP contribution in [0.4, 0.5) is 0 Å². The van der Waals surface area contributed by atoms with Crippen LogP contribution in [-0.4, -0.2) is 32.2 Å². The summed E-state index contributed by atoms with van der Waals surface area (Å²) in [5, 5.41) is 19.7. The fourth-order valence-corrected chi connectivity index (χ4v) is 1.71. The molecule has 98 valence electrons. The maximum atomic E-state index is 10.7. The highest BCUT2D eigenvalue weighted by atomic mass is 32.1. The minimum Gasteiger partial charge on any atom is -0.478 e. The average Bonchev–Trinajstić information content (AvgIpc) is 2.77. The number of carboxylic acid groups (broad SMARTS) is 1. The third-order valence-electron chi connectivity index (χ3n) is 2.51. The first-order valence-corrected chi connectivity index (χ1v) is 6.06. The second-order valence-electron chi connectivity index (χ2n) is 3.78. The number of aryl methyl sites for hydroxylation is 1. The Kier molecular flexibility index (Phi) is 3.86. The number of hydrogen-bond acceptors (Lipinski definition) is 4. The van der Waals surface area contributed by atoms with Gasteiger partial charge in [0.2, 0.25) is 4.77 Å². The van der Waals surface area contributed by atoms with E-state index in [4.69, 9.17) is 17.3 Å². The van der Waals surface area contributed by atoms with E-state index in [-0.39, 0.29) is 5.56 Å². The first-order valence-electron chi connectivity index (χ1n) is 5.66. The molecule has 0 saturated carbocycles. The fraction of sp³-hybridized carbons (Fsp3) is 0.167. The standard InChI is InChI=1S/C12H12N4O2S/c1-2-10-14-15-12(19)16(10)13-7-8-3-5-9(6-4-8)11(17)18/h3-7H,2H2,1H3,(H,15,19)(H,17,18)/b13-7-. The number of aromatic amines is 1. The number of H-pyrrole nitrogens is 1. The van der Waals surface area contributed by atoms with Gasteiger partial charge in [0.15, 0.2) is 5.82 Å². The van der Waals surface area contributed by atoms with E-state index in [1.807, 2.05) is 6.92 Å². The second kappa shape index (κ2) is 5.57. The van der Waals surface area contributed by atoms with E-state index >= 15 is 0 Å². The van der Waals surface area contributed by atoms with Gasteiger partial charge in [0.1, 0.15) is 0 Å². The predicted molar refractivity (Wildman–Crippen MR) is 73.2 cm³/mol. The lowest BCUT2D eigenvalue weighted by Gasteiger charge is -1.98. The summed E-state index contributed by atoms with van der Waals surface area (Å²) in [5.41, 5.74) is 1.03. The van der Waals surface area contributed by atoms with Crippen LogP contribution in [0.1, 0.15) is 28.7 Å². The monoisotopic (exact) mass is 276 g/mol. The minimum atomic E-state index is -0.950. The molecule has 0 radical (unpaired) electrons. The van der Waals surface area contributed by atoms with Crippen LogP contribution in [0.3, 0.4) is 0 Å². The molecule has 0 spiro atoms. The molecule has 2 aromatic rings. The Morgan fingerprint density at radius 2 is 2.21 bits per heavy atom. The van der Waals surface area contributed by atoms with E-state index in [1.54, 1.807) is 23.0 Å². The van der Waals surface area contributed by atoms with Crippen molar-refractivity contribution in [2.45, 2.75) is 13.3 Å². The number of benzene rings is 1. The molecule has 1 aromatic heterocycles. The molecular formula is C12H12N4O2S. The first kappa shape index (κ1) is 13.2. The number of rotatable bonds is 4. The summed E-state index contributed by atoms with van der Waals surface area (Å²) in [5.74, 6) is -0.211. The van der Waals surface area contributed by atoms with Gasteiger partial charge >= 0.3 is 5.97 Å². The highest BCUT2D eigenvalue weighted by Crippen LogP contribution is 2.03. The molecule has 0 aliphatic rings. The van der Waals surface area contributed by atoms with Crippen molar-refractivity contribution in [1.82, 2.24) is 14.9 Å². The molecule has 0 aliphatic carbocycles. The maximum absolute atomic E-state index is 10.7. The molecule has 0 fully saturated rings. The van der Waals surface area contributed by atoms with Crippen molar-refractivity contribution in [3.05, 3.63) is 46.0 Å². The molecule has 0 atom stereocenters. The molecule has 0 saturated heterocycles. The number of nitrogens with zero attached hydrogens (tertiary/aromatic N) is 3. The van der Waals surface area contributed by atoms with Crippen LogP contribution in [0.5, 0.6) is 0 Å². The molecule has 7 heteroatoms. The number of aromatic nitrogens is 3. The van der Waals surface area contributed by atoms with Crippen molar-refractivity contribution in [2.24, 2.45) is 5.10 Å². The van der Waals surface area contributed by atoms with Crippen LogP contribution in [0.25, 0.3) is 0 Å². The Morgan fingerprint density at radius 1 is 1.53 bits per heavy atom. The lowest BCUT2D eigenvalue weighted by Crippen LogP contribution is -1.98.